The molecule has 1 saturated heterocycles. The van der Waals surface area contributed by atoms with Crippen LogP contribution in [0.2, 0.25) is 0 Å². The number of alkyl halides is 6. The summed E-state index contributed by atoms with van der Waals surface area (Å²) in [7, 11) is 1.44. The molecule has 2 aromatic carbocycles. The molecule has 0 spiro atoms. The second-order valence-electron chi connectivity index (χ2n) is 8.04. The largest absolute Gasteiger partial charge is 0.496 e. The molecular weight excluding hydrogens is 436 g/mol. The van der Waals surface area contributed by atoms with Crippen molar-refractivity contribution in [3.05, 3.63) is 71.6 Å². The fourth-order valence-electron chi connectivity index (χ4n) is 4.16. The van der Waals surface area contributed by atoms with E-state index in [-0.39, 0.29) is 18.1 Å². The van der Waals surface area contributed by atoms with Crippen LogP contribution in [0.4, 0.5) is 26.3 Å². The summed E-state index contributed by atoms with van der Waals surface area (Å²) in [6.07, 6.45) is -9.75. The zero-order valence-electron chi connectivity index (χ0n) is 17.4. The summed E-state index contributed by atoms with van der Waals surface area (Å²) < 4.78 is 85.6. The van der Waals surface area contributed by atoms with Gasteiger partial charge in [-0.15, -0.1) is 0 Å². The third-order valence-corrected chi connectivity index (χ3v) is 5.82. The number of hydrogen-bond donors (Lipinski definition) is 1. The summed E-state index contributed by atoms with van der Waals surface area (Å²) >= 11 is 0. The van der Waals surface area contributed by atoms with Gasteiger partial charge in [0.1, 0.15) is 5.75 Å². The number of ether oxygens (including phenoxy) is 1. The van der Waals surface area contributed by atoms with Crippen molar-refractivity contribution in [1.29, 1.82) is 0 Å². The van der Waals surface area contributed by atoms with Gasteiger partial charge in [0.2, 0.25) is 0 Å². The zero-order valence-corrected chi connectivity index (χ0v) is 17.4. The lowest BCUT2D eigenvalue weighted by Crippen LogP contribution is -2.50. The molecule has 175 valence electrons. The first-order valence-electron chi connectivity index (χ1n) is 10.0. The molecule has 3 nitrogen and oxygen atoms in total. The summed E-state index contributed by atoms with van der Waals surface area (Å²) in [5, 5.41) is 9.88. The first kappa shape index (κ1) is 24.4. The Labute approximate surface area is 182 Å². The second-order valence-corrected chi connectivity index (χ2v) is 8.04. The molecule has 1 atom stereocenters. The Bertz CT molecular complexity index is 903. The van der Waals surface area contributed by atoms with Crippen LogP contribution in [0.5, 0.6) is 5.75 Å². The fourth-order valence-corrected chi connectivity index (χ4v) is 4.16. The van der Waals surface area contributed by atoms with Gasteiger partial charge in [-0.25, -0.2) is 0 Å². The fraction of sp³-hybridized carbons (Fsp3) is 0.435. The molecule has 0 amide bonds. The van der Waals surface area contributed by atoms with Crippen molar-refractivity contribution in [1.82, 2.24) is 4.90 Å². The van der Waals surface area contributed by atoms with Crippen LogP contribution in [0, 0.1) is 6.92 Å². The number of aliphatic hydroxyl groups is 1. The van der Waals surface area contributed by atoms with Crippen molar-refractivity contribution in [3.63, 3.8) is 0 Å². The van der Waals surface area contributed by atoms with Crippen molar-refractivity contribution in [3.8, 4) is 5.75 Å². The van der Waals surface area contributed by atoms with Gasteiger partial charge in [-0.3, -0.25) is 4.90 Å². The topological polar surface area (TPSA) is 32.7 Å². The first-order chi connectivity index (χ1) is 14.8. The molecule has 0 aliphatic carbocycles. The average molecular weight is 460 g/mol. The number of aliphatic hydroxyl groups excluding tert-OH is 1. The summed E-state index contributed by atoms with van der Waals surface area (Å²) in [5.41, 5.74) is -3.53. The Kier molecular flexibility index (Phi) is 6.81. The maximum Gasteiger partial charge on any atom is 0.416 e. The minimum absolute atomic E-state index is 0.120. The molecule has 0 bridgehead atoms. The van der Waals surface area contributed by atoms with Gasteiger partial charge in [-0.2, -0.15) is 26.3 Å². The van der Waals surface area contributed by atoms with E-state index in [1.807, 2.05) is 4.90 Å². The van der Waals surface area contributed by atoms with Crippen molar-refractivity contribution in [2.75, 3.05) is 20.2 Å². The van der Waals surface area contributed by atoms with E-state index in [4.69, 9.17) is 4.74 Å². The Balaban J connectivity index is 2.13. The molecule has 1 fully saturated rings. The Morgan fingerprint density at radius 3 is 2.00 bits per heavy atom. The number of hydrogen-bond acceptors (Lipinski definition) is 3. The number of nitrogens with zero attached hydrogens (tertiary/aromatic N) is 1. The molecule has 1 heterocycles. The van der Waals surface area contributed by atoms with Gasteiger partial charge in [0.25, 0.3) is 0 Å². The minimum Gasteiger partial charge on any atom is -0.496 e. The van der Waals surface area contributed by atoms with Gasteiger partial charge < -0.3 is 9.84 Å². The molecule has 32 heavy (non-hydrogen) atoms. The van der Waals surface area contributed by atoms with Crippen LogP contribution in [-0.4, -0.2) is 36.3 Å². The molecule has 1 aliphatic rings. The zero-order chi connectivity index (χ0) is 23.7. The van der Waals surface area contributed by atoms with E-state index in [0.717, 1.165) is 12.1 Å². The quantitative estimate of drug-likeness (QED) is 0.602. The van der Waals surface area contributed by atoms with Gasteiger partial charge in [-0.1, -0.05) is 18.2 Å². The van der Waals surface area contributed by atoms with Gasteiger partial charge in [0.05, 0.1) is 29.9 Å². The summed E-state index contributed by atoms with van der Waals surface area (Å²) in [6.45, 7) is 5.04. The molecular formula is C23H24F6NO2. The summed E-state index contributed by atoms with van der Waals surface area (Å²) in [6, 6.07) is 8.40. The number of methoxy groups -OCH3 is 1. The Morgan fingerprint density at radius 2 is 1.50 bits per heavy atom. The highest BCUT2D eigenvalue weighted by Crippen LogP contribution is 2.41. The molecule has 1 unspecified atom stereocenters. The number of rotatable bonds is 5. The van der Waals surface area contributed by atoms with E-state index in [0.29, 0.717) is 37.2 Å². The van der Waals surface area contributed by atoms with Crippen LogP contribution in [0.1, 0.15) is 35.1 Å². The molecule has 0 saturated carbocycles. The van der Waals surface area contributed by atoms with Crippen molar-refractivity contribution in [2.45, 2.75) is 43.3 Å². The molecule has 3 rings (SSSR count). The predicted molar refractivity (Wildman–Crippen MR) is 107 cm³/mol. The number of benzene rings is 2. The molecule has 1 N–H and O–H groups in total. The first-order valence-corrected chi connectivity index (χ1v) is 10.0. The van der Waals surface area contributed by atoms with Crippen molar-refractivity contribution in [2.24, 2.45) is 0 Å². The van der Waals surface area contributed by atoms with E-state index < -0.39 is 35.1 Å². The van der Waals surface area contributed by atoms with Crippen LogP contribution in [0.25, 0.3) is 0 Å². The lowest BCUT2D eigenvalue weighted by Gasteiger charge is -2.45. The molecule has 0 aromatic heterocycles. The number of halogens is 6. The normalized spacial score (nSPS) is 18.4. The number of piperidine rings is 1. The lowest BCUT2D eigenvalue weighted by atomic mass is 9.81. The van der Waals surface area contributed by atoms with E-state index in [2.05, 4.69) is 6.92 Å². The molecule has 2 aromatic rings. The Hall–Kier alpha value is -2.26. The van der Waals surface area contributed by atoms with Crippen LogP contribution in [-0.2, 0) is 24.3 Å². The third kappa shape index (κ3) is 5.20. The van der Waals surface area contributed by atoms with E-state index in [1.165, 1.54) is 7.11 Å². The predicted octanol–water partition coefficient (Wildman–Crippen LogP) is 5.46. The Morgan fingerprint density at radius 1 is 0.969 bits per heavy atom. The van der Waals surface area contributed by atoms with Crippen LogP contribution < -0.4 is 4.74 Å². The minimum atomic E-state index is -4.93. The molecule has 1 aliphatic heterocycles. The molecule has 9 heteroatoms. The van der Waals surface area contributed by atoms with Gasteiger partial charge in [0, 0.05) is 18.7 Å². The van der Waals surface area contributed by atoms with Crippen LogP contribution >= 0.6 is 0 Å². The van der Waals surface area contributed by atoms with E-state index in [9.17, 15) is 31.4 Å². The van der Waals surface area contributed by atoms with Crippen LogP contribution in [0.15, 0.2) is 42.5 Å². The van der Waals surface area contributed by atoms with Gasteiger partial charge in [0.15, 0.2) is 0 Å². The van der Waals surface area contributed by atoms with Gasteiger partial charge >= 0.3 is 12.4 Å². The summed E-state index contributed by atoms with van der Waals surface area (Å²) in [4.78, 5) is 1.88. The summed E-state index contributed by atoms with van der Waals surface area (Å²) in [5.74, 6) is 0.427. The lowest BCUT2D eigenvalue weighted by molar-refractivity contribution is -0.143. The van der Waals surface area contributed by atoms with Crippen molar-refractivity contribution < 1.29 is 36.2 Å². The SMILES string of the molecule is [CH2]C(Cc1cc(C(F)(F)F)cc(C(F)(F)F)c1)(c1ccccc1OC)N1CCC(O)CC1. The highest BCUT2D eigenvalue weighted by Gasteiger charge is 2.41. The van der Waals surface area contributed by atoms with E-state index >= 15 is 0 Å². The van der Waals surface area contributed by atoms with Gasteiger partial charge in [-0.05, 0) is 56.0 Å². The smallest absolute Gasteiger partial charge is 0.416 e. The highest BCUT2D eigenvalue weighted by molar-refractivity contribution is 5.43. The second kappa shape index (κ2) is 8.94. The number of likely N-dealkylation sites (tertiary alicyclic amines) is 1. The van der Waals surface area contributed by atoms with Crippen molar-refractivity contribution >= 4 is 0 Å². The molecule has 1 radical (unpaired) electrons. The highest BCUT2D eigenvalue weighted by atomic mass is 19.4. The van der Waals surface area contributed by atoms with Crippen LogP contribution in [0.3, 0.4) is 0 Å². The van der Waals surface area contributed by atoms with E-state index in [1.54, 1.807) is 24.3 Å². The maximum absolute atomic E-state index is 13.4. The third-order valence-electron chi connectivity index (χ3n) is 5.82. The average Bonchev–Trinajstić information content (AvgIpc) is 2.72. The standard InChI is InChI=1S/C23H24F6NO2/c1-21(30-9-7-18(31)8-10-30,19-5-3-4-6-20(19)32-2)14-15-11-16(22(24,25)26)13-17(12-15)23(27,28)29/h3-6,11-13,18,31H,1,7-10,14H2,2H3. The monoisotopic (exact) mass is 460 g/mol. The maximum atomic E-state index is 13.4. The number of para-hydroxylation sites is 1.